The quantitative estimate of drug-likeness (QED) is 0.487. The van der Waals surface area contributed by atoms with Gasteiger partial charge in [-0.05, 0) is 29.8 Å². The van der Waals surface area contributed by atoms with E-state index < -0.39 is 10.8 Å². The molecule has 8 heteroatoms. The number of rotatable bonds is 6. The van der Waals surface area contributed by atoms with E-state index in [1.54, 1.807) is 0 Å². The molecule has 0 unspecified atom stereocenters. The van der Waals surface area contributed by atoms with Gasteiger partial charge in [-0.15, -0.1) is 0 Å². The Kier molecular flexibility index (Phi) is 5.30. The van der Waals surface area contributed by atoms with Gasteiger partial charge in [0.2, 0.25) is 0 Å². The van der Waals surface area contributed by atoms with Gasteiger partial charge < -0.3 is 4.74 Å². The van der Waals surface area contributed by atoms with Crippen LogP contribution in [0, 0.1) is 10.1 Å². The zero-order chi connectivity index (χ0) is 17.6. The molecule has 7 nitrogen and oxygen atoms in total. The molecule has 0 aromatic heterocycles. The van der Waals surface area contributed by atoms with E-state index in [1.165, 1.54) is 30.5 Å². The summed E-state index contributed by atoms with van der Waals surface area (Å²) in [4.78, 5) is 22.0. The highest BCUT2D eigenvalue weighted by atomic mass is 32.2. The third-order valence-electron chi connectivity index (χ3n) is 3.49. The highest BCUT2D eigenvalue weighted by Gasteiger charge is 2.19. The van der Waals surface area contributed by atoms with Crippen molar-refractivity contribution in [3.63, 3.8) is 0 Å². The van der Waals surface area contributed by atoms with Crippen molar-refractivity contribution in [2.24, 2.45) is 5.10 Å². The van der Waals surface area contributed by atoms with Gasteiger partial charge in [-0.3, -0.25) is 14.9 Å². The van der Waals surface area contributed by atoms with Crippen LogP contribution in [0.1, 0.15) is 15.9 Å². The van der Waals surface area contributed by atoms with Crippen molar-refractivity contribution in [2.45, 2.75) is 6.10 Å². The Bertz CT molecular complexity index is 804. The molecular weight excluding hydrogens is 342 g/mol. The first kappa shape index (κ1) is 17.0. The zero-order valence-corrected chi connectivity index (χ0v) is 13.9. The van der Waals surface area contributed by atoms with E-state index in [-0.39, 0.29) is 11.8 Å². The number of nitro benzene ring substituents is 1. The number of benzene rings is 2. The van der Waals surface area contributed by atoms with Gasteiger partial charge in [0.25, 0.3) is 11.6 Å². The molecule has 1 aliphatic heterocycles. The number of carbonyl (C=O) groups excluding carboxylic acids is 1. The summed E-state index contributed by atoms with van der Waals surface area (Å²) in [6.07, 6.45) is 1.78. The Morgan fingerprint density at radius 2 is 2.04 bits per heavy atom. The lowest BCUT2D eigenvalue weighted by molar-refractivity contribution is -0.384. The summed E-state index contributed by atoms with van der Waals surface area (Å²) in [5.74, 6) is 2.34. The molecule has 0 atom stereocenters. The fraction of sp³-hybridized carbons (Fsp3) is 0.176. The van der Waals surface area contributed by atoms with Crippen LogP contribution in [0.3, 0.4) is 0 Å². The van der Waals surface area contributed by atoms with Crippen LogP contribution in [0.2, 0.25) is 0 Å². The Morgan fingerprint density at radius 1 is 1.28 bits per heavy atom. The predicted molar refractivity (Wildman–Crippen MR) is 96.3 cm³/mol. The van der Waals surface area contributed by atoms with Gasteiger partial charge in [0.15, 0.2) is 0 Å². The molecule has 1 amide bonds. The first-order valence-electron chi connectivity index (χ1n) is 7.54. The molecule has 0 radical (unpaired) electrons. The molecule has 0 saturated carbocycles. The van der Waals surface area contributed by atoms with Gasteiger partial charge >= 0.3 is 0 Å². The third kappa shape index (κ3) is 4.57. The molecule has 0 aliphatic carbocycles. The molecule has 1 saturated heterocycles. The van der Waals surface area contributed by atoms with Crippen molar-refractivity contribution in [3.05, 3.63) is 69.8 Å². The average Bonchev–Trinajstić information content (AvgIpc) is 2.58. The first-order chi connectivity index (χ1) is 12.1. The smallest absolute Gasteiger partial charge is 0.271 e. The minimum Gasteiger partial charge on any atom is -0.489 e. The Hall–Kier alpha value is -2.87. The zero-order valence-electron chi connectivity index (χ0n) is 13.1. The molecule has 2 aromatic rings. The molecule has 2 aromatic carbocycles. The maximum absolute atomic E-state index is 12.0. The van der Waals surface area contributed by atoms with Crippen molar-refractivity contribution >= 4 is 29.6 Å². The Balaban J connectivity index is 1.57. The van der Waals surface area contributed by atoms with Crippen LogP contribution in [0.15, 0.2) is 53.6 Å². The van der Waals surface area contributed by atoms with E-state index in [0.717, 1.165) is 22.8 Å². The molecule has 128 valence electrons. The van der Waals surface area contributed by atoms with Gasteiger partial charge in [0, 0.05) is 29.2 Å². The van der Waals surface area contributed by atoms with E-state index in [2.05, 4.69) is 10.5 Å². The minimum atomic E-state index is -0.517. The first-order valence-corrected chi connectivity index (χ1v) is 8.69. The van der Waals surface area contributed by atoms with Crippen LogP contribution >= 0.6 is 11.8 Å². The van der Waals surface area contributed by atoms with Crippen molar-refractivity contribution in [1.29, 1.82) is 0 Å². The van der Waals surface area contributed by atoms with Crippen molar-refractivity contribution in [2.75, 3.05) is 11.5 Å². The SMILES string of the molecule is O=C(N/N=C\c1cccc(OC2CSC2)c1)c1ccc([N+](=O)[O-])cc1. The van der Waals surface area contributed by atoms with Gasteiger partial charge in [0.1, 0.15) is 11.9 Å². The van der Waals surface area contributed by atoms with Gasteiger partial charge in [-0.25, -0.2) is 5.43 Å². The van der Waals surface area contributed by atoms with E-state index in [0.29, 0.717) is 5.56 Å². The summed E-state index contributed by atoms with van der Waals surface area (Å²) in [7, 11) is 0. The Morgan fingerprint density at radius 3 is 2.68 bits per heavy atom. The fourth-order valence-electron chi connectivity index (χ4n) is 2.11. The normalized spacial score (nSPS) is 14.1. The van der Waals surface area contributed by atoms with Gasteiger partial charge in [0.05, 0.1) is 11.1 Å². The summed E-state index contributed by atoms with van der Waals surface area (Å²) >= 11 is 1.85. The van der Waals surface area contributed by atoms with E-state index in [1.807, 2.05) is 36.0 Å². The molecule has 3 rings (SSSR count). The number of non-ortho nitro benzene ring substituents is 1. The number of hydrogen-bond donors (Lipinski definition) is 1. The lowest BCUT2D eigenvalue weighted by Crippen LogP contribution is -2.31. The molecule has 1 heterocycles. The highest BCUT2D eigenvalue weighted by molar-refractivity contribution is 8.00. The number of amides is 1. The largest absolute Gasteiger partial charge is 0.489 e. The lowest BCUT2D eigenvalue weighted by Gasteiger charge is -2.25. The number of nitro groups is 1. The van der Waals surface area contributed by atoms with Crippen LogP contribution in [-0.2, 0) is 0 Å². The monoisotopic (exact) mass is 357 g/mol. The number of ether oxygens (including phenoxy) is 1. The Labute approximate surface area is 148 Å². The van der Waals surface area contributed by atoms with Crippen molar-refractivity contribution in [1.82, 2.24) is 5.43 Å². The van der Waals surface area contributed by atoms with Crippen LogP contribution in [0.25, 0.3) is 0 Å². The maximum atomic E-state index is 12.0. The highest BCUT2D eigenvalue weighted by Crippen LogP contribution is 2.24. The fourth-order valence-corrected chi connectivity index (χ4v) is 2.67. The molecule has 1 fully saturated rings. The third-order valence-corrected chi connectivity index (χ3v) is 4.70. The minimum absolute atomic E-state index is 0.0678. The molecule has 0 spiro atoms. The average molecular weight is 357 g/mol. The van der Waals surface area contributed by atoms with Crippen LogP contribution in [0.4, 0.5) is 5.69 Å². The number of hydrazone groups is 1. The predicted octanol–water partition coefficient (Wildman–Crippen LogP) is 2.85. The van der Waals surface area contributed by atoms with Crippen LogP contribution in [0.5, 0.6) is 5.75 Å². The number of nitrogens with one attached hydrogen (secondary N) is 1. The van der Waals surface area contributed by atoms with Crippen molar-refractivity contribution < 1.29 is 14.5 Å². The number of carbonyl (C=O) groups is 1. The number of hydrogen-bond acceptors (Lipinski definition) is 6. The summed E-state index contributed by atoms with van der Waals surface area (Å²) in [6.45, 7) is 0. The number of nitrogens with zero attached hydrogens (tertiary/aromatic N) is 2. The standard InChI is InChI=1S/C17H15N3O4S/c21-17(13-4-6-14(7-5-13)20(22)23)19-18-9-12-2-1-3-15(8-12)24-16-10-25-11-16/h1-9,16H,10-11H2,(H,19,21)/b18-9-. The second kappa shape index (κ2) is 7.80. The van der Waals surface area contributed by atoms with Gasteiger partial charge in [-0.1, -0.05) is 12.1 Å². The van der Waals surface area contributed by atoms with E-state index >= 15 is 0 Å². The molecular formula is C17H15N3O4S. The summed E-state index contributed by atoms with van der Waals surface area (Å²) < 4.78 is 5.79. The number of thioether (sulfide) groups is 1. The van der Waals surface area contributed by atoms with Crippen LogP contribution in [-0.4, -0.2) is 34.7 Å². The topological polar surface area (TPSA) is 93.8 Å². The van der Waals surface area contributed by atoms with Crippen molar-refractivity contribution in [3.8, 4) is 5.75 Å². The molecule has 25 heavy (non-hydrogen) atoms. The maximum Gasteiger partial charge on any atom is 0.271 e. The van der Waals surface area contributed by atoms with Gasteiger partial charge in [-0.2, -0.15) is 16.9 Å². The lowest BCUT2D eigenvalue weighted by atomic mass is 10.2. The summed E-state index contributed by atoms with van der Waals surface area (Å²) in [5.41, 5.74) is 3.42. The van der Waals surface area contributed by atoms with E-state index in [9.17, 15) is 14.9 Å². The summed E-state index contributed by atoms with van der Waals surface area (Å²) in [5, 5.41) is 14.5. The second-order valence-electron chi connectivity index (χ2n) is 5.35. The van der Waals surface area contributed by atoms with Crippen LogP contribution < -0.4 is 10.2 Å². The molecule has 0 bridgehead atoms. The second-order valence-corrected chi connectivity index (χ2v) is 6.43. The van der Waals surface area contributed by atoms with E-state index in [4.69, 9.17) is 4.74 Å². The molecule has 1 aliphatic rings. The summed E-state index contributed by atoms with van der Waals surface area (Å²) in [6, 6.07) is 12.8. The molecule has 1 N–H and O–H groups in total.